The fourth-order valence-electron chi connectivity index (χ4n) is 2.78. The smallest absolute Gasteiger partial charge is 0.253 e. The lowest BCUT2D eigenvalue weighted by molar-refractivity contribution is -0.126. The summed E-state index contributed by atoms with van der Waals surface area (Å²) in [4.78, 5) is 26.1. The quantitative estimate of drug-likeness (QED) is 0.907. The Morgan fingerprint density at radius 1 is 1.30 bits per heavy atom. The monoisotopic (exact) mass is 320 g/mol. The summed E-state index contributed by atoms with van der Waals surface area (Å²) in [6, 6.07) is 5.74. The molecular weight excluding hydrogens is 295 g/mol. The summed E-state index contributed by atoms with van der Waals surface area (Å²) >= 11 is 0. The molecule has 0 unspecified atom stereocenters. The fraction of sp³-hybridized carbons (Fsp3) is 0.556. The van der Waals surface area contributed by atoms with Gasteiger partial charge in [0.25, 0.3) is 5.91 Å². The van der Waals surface area contributed by atoms with Crippen LogP contribution in [0.3, 0.4) is 0 Å². The molecule has 23 heavy (non-hydrogen) atoms. The van der Waals surface area contributed by atoms with Crippen molar-refractivity contribution in [2.45, 2.75) is 33.1 Å². The number of carbonyl (C=O) groups is 2. The molecule has 1 aliphatic rings. The van der Waals surface area contributed by atoms with E-state index in [0.717, 1.165) is 6.42 Å². The lowest BCUT2D eigenvalue weighted by Crippen LogP contribution is -2.43. The van der Waals surface area contributed by atoms with Gasteiger partial charge in [0.1, 0.15) is 5.82 Å². The molecule has 0 radical (unpaired) electrons. The van der Waals surface area contributed by atoms with Crippen LogP contribution in [-0.4, -0.2) is 36.3 Å². The average Bonchev–Trinajstić information content (AvgIpc) is 2.54. The number of amides is 2. The van der Waals surface area contributed by atoms with Gasteiger partial charge in [-0.3, -0.25) is 9.59 Å². The van der Waals surface area contributed by atoms with E-state index < -0.39 is 5.82 Å². The molecule has 126 valence electrons. The lowest BCUT2D eigenvalue weighted by Gasteiger charge is -2.31. The minimum absolute atomic E-state index is 0.0290. The van der Waals surface area contributed by atoms with Crippen LogP contribution in [0.1, 0.15) is 43.5 Å². The van der Waals surface area contributed by atoms with Crippen molar-refractivity contribution in [3.8, 4) is 0 Å². The summed E-state index contributed by atoms with van der Waals surface area (Å²) in [5.41, 5.74) is 0.366. The van der Waals surface area contributed by atoms with Gasteiger partial charge < -0.3 is 10.2 Å². The summed E-state index contributed by atoms with van der Waals surface area (Å²) < 4.78 is 13.2. The molecule has 0 saturated carbocycles. The highest BCUT2D eigenvalue weighted by atomic mass is 19.1. The van der Waals surface area contributed by atoms with E-state index in [0.29, 0.717) is 44.0 Å². The number of nitrogens with one attached hydrogen (secondary N) is 1. The molecule has 0 aliphatic carbocycles. The van der Waals surface area contributed by atoms with Crippen LogP contribution in [0.15, 0.2) is 24.3 Å². The van der Waals surface area contributed by atoms with Gasteiger partial charge in [0.05, 0.1) is 0 Å². The first-order valence-electron chi connectivity index (χ1n) is 8.30. The van der Waals surface area contributed by atoms with Gasteiger partial charge in [-0.25, -0.2) is 4.39 Å². The minimum Gasteiger partial charge on any atom is -0.356 e. The van der Waals surface area contributed by atoms with E-state index in [9.17, 15) is 14.0 Å². The van der Waals surface area contributed by atoms with Crippen molar-refractivity contribution in [1.82, 2.24) is 10.2 Å². The molecular formula is C18H25FN2O2. The Labute approximate surface area is 137 Å². The first-order valence-corrected chi connectivity index (χ1v) is 8.30. The number of halogens is 1. The number of likely N-dealkylation sites (tertiary alicyclic amines) is 1. The Morgan fingerprint density at radius 2 is 2.00 bits per heavy atom. The Kier molecular flexibility index (Phi) is 6.13. The van der Waals surface area contributed by atoms with E-state index in [1.54, 1.807) is 11.0 Å². The zero-order valence-corrected chi connectivity index (χ0v) is 13.8. The zero-order chi connectivity index (χ0) is 16.8. The van der Waals surface area contributed by atoms with E-state index in [-0.39, 0.29) is 17.7 Å². The van der Waals surface area contributed by atoms with Crippen LogP contribution in [0.5, 0.6) is 0 Å². The van der Waals surface area contributed by atoms with Gasteiger partial charge in [-0.1, -0.05) is 19.9 Å². The van der Waals surface area contributed by atoms with Crippen LogP contribution in [0.4, 0.5) is 4.39 Å². The summed E-state index contributed by atoms with van der Waals surface area (Å²) in [7, 11) is 0. The predicted molar refractivity (Wildman–Crippen MR) is 87.5 cm³/mol. The summed E-state index contributed by atoms with van der Waals surface area (Å²) in [6.07, 6.45) is 2.30. The number of rotatable bonds is 5. The van der Waals surface area contributed by atoms with Gasteiger partial charge in [-0.15, -0.1) is 0 Å². The Bertz CT molecular complexity index is 552. The molecule has 4 nitrogen and oxygen atoms in total. The first-order chi connectivity index (χ1) is 11.0. The van der Waals surface area contributed by atoms with Gasteiger partial charge in [-0.05, 0) is 43.4 Å². The molecule has 1 aromatic carbocycles. The van der Waals surface area contributed by atoms with Gasteiger partial charge in [-0.2, -0.15) is 0 Å². The second-order valence-corrected chi connectivity index (χ2v) is 6.55. The van der Waals surface area contributed by atoms with Crippen LogP contribution in [-0.2, 0) is 4.79 Å². The molecule has 0 atom stereocenters. The van der Waals surface area contributed by atoms with Crippen molar-refractivity contribution in [2.24, 2.45) is 11.8 Å². The molecule has 0 aromatic heterocycles. The molecule has 2 rings (SSSR count). The van der Waals surface area contributed by atoms with Gasteiger partial charge in [0.2, 0.25) is 5.91 Å². The summed E-state index contributed by atoms with van der Waals surface area (Å²) in [5.74, 6) is 0.0571. The average molecular weight is 320 g/mol. The van der Waals surface area contributed by atoms with Gasteiger partial charge >= 0.3 is 0 Å². The molecule has 1 aromatic rings. The van der Waals surface area contributed by atoms with Crippen LogP contribution >= 0.6 is 0 Å². The SMILES string of the molecule is CC(C)CCNC(=O)C1CCN(C(=O)c2cccc(F)c2)CC1. The molecule has 1 N–H and O–H groups in total. The van der Waals surface area contributed by atoms with Crippen molar-refractivity contribution in [1.29, 1.82) is 0 Å². The van der Waals surface area contributed by atoms with Crippen molar-refractivity contribution in [2.75, 3.05) is 19.6 Å². The van der Waals surface area contributed by atoms with Gasteiger partial charge in [0.15, 0.2) is 0 Å². The third-order valence-electron chi connectivity index (χ3n) is 4.25. The Morgan fingerprint density at radius 3 is 2.61 bits per heavy atom. The summed E-state index contributed by atoms with van der Waals surface area (Å²) in [5, 5.41) is 2.97. The topological polar surface area (TPSA) is 49.4 Å². The Hall–Kier alpha value is -1.91. The van der Waals surface area contributed by atoms with Crippen molar-refractivity contribution >= 4 is 11.8 Å². The van der Waals surface area contributed by atoms with E-state index in [1.165, 1.54) is 18.2 Å². The number of benzene rings is 1. The molecule has 1 saturated heterocycles. The first kappa shape index (κ1) is 17.4. The second kappa shape index (κ2) is 8.09. The molecule has 0 spiro atoms. The van der Waals surface area contributed by atoms with Crippen molar-refractivity contribution < 1.29 is 14.0 Å². The number of hydrogen-bond donors (Lipinski definition) is 1. The number of hydrogen-bond acceptors (Lipinski definition) is 2. The molecule has 1 aliphatic heterocycles. The highest BCUT2D eigenvalue weighted by molar-refractivity contribution is 5.94. The summed E-state index contributed by atoms with van der Waals surface area (Å²) in [6.45, 7) is 6.04. The van der Waals surface area contributed by atoms with E-state index in [2.05, 4.69) is 19.2 Å². The second-order valence-electron chi connectivity index (χ2n) is 6.55. The molecule has 1 fully saturated rings. The van der Waals surface area contributed by atoms with E-state index in [1.807, 2.05) is 0 Å². The van der Waals surface area contributed by atoms with Crippen LogP contribution in [0, 0.1) is 17.7 Å². The van der Waals surface area contributed by atoms with Crippen LogP contribution in [0.2, 0.25) is 0 Å². The number of piperidine rings is 1. The third kappa shape index (κ3) is 5.05. The van der Waals surface area contributed by atoms with Crippen LogP contribution < -0.4 is 5.32 Å². The number of carbonyl (C=O) groups excluding carboxylic acids is 2. The highest BCUT2D eigenvalue weighted by Gasteiger charge is 2.27. The maximum atomic E-state index is 13.2. The van der Waals surface area contributed by atoms with Gasteiger partial charge in [0, 0.05) is 31.1 Å². The largest absolute Gasteiger partial charge is 0.356 e. The van der Waals surface area contributed by atoms with Crippen molar-refractivity contribution in [3.05, 3.63) is 35.6 Å². The minimum atomic E-state index is -0.407. The molecule has 0 bridgehead atoms. The molecule has 1 heterocycles. The van der Waals surface area contributed by atoms with E-state index >= 15 is 0 Å². The van der Waals surface area contributed by atoms with E-state index in [4.69, 9.17) is 0 Å². The zero-order valence-electron chi connectivity index (χ0n) is 13.8. The maximum absolute atomic E-state index is 13.2. The predicted octanol–water partition coefficient (Wildman–Crippen LogP) is 2.84. The Balaban J connectivity index is 1.81. The molecule has 5 heteroatoms. The number of nitrogens with zero attached hydrogens (tertiary/aromatic N) is 1. The normalized spacial score (nSPS) is 15.7. The van der Waals surface area contributed by atoms with Crippen LogP contribution in [0.25, 0.3) is 0 Å². The fourth-order valence-corrected chi connectivity index (χ4v) is 2.78. The van der Waals surface area contributed by atoms with Crippen molar-refractivity contribution in [3.63, 3.8) is 0 Å². The third-order valence-corrected chi connectivity index (χ3v) is 4.25. The maximum Gasteiger partial charge on any atom is 0.253 e. The lowest BCUT2D eigenvalue weighted by atomic mass is 9.95. The molecule has 2 amide bonds. The highest BCUT2D eigenvalue weighted by Crippen LogP contribution is 2.19. The standard InChI is InChI=1S/C18H25FN2O2/c1-13(2)6-9-20-17(22)14-7-10-21(11-8-14)18(23)15-4-3-5-16(19)12-15/h3-5,12-14H,6-11H2,1-2H3,(H,20,22).